The first-order valence-electron chi connectivity index (χ1n) is 5.66. The second-order valence-electron chi connectivity index (χ2n) is 4.36. The van der Waals surface area contributed by atoms with Crippen LogP contribution >= 0.6 is 0 Å². The van der Waals surface area contributed by atoms with Gasteiger partial charge in [0.1, 0.15) is 9.84 Å². The van der Waals surface area contributed by atoms with E-state index in [9.17, 15) is 12.6 Å². The number of benzene rings is 1. The Morgan fingerprint density at radius 3 is 2.33 bits per heavy atom. The molecule has 0 saturated carbocycles. The highest BCUT2D eigenvalue weighted by atomic mass is 32.2. The van der Waals surface area contributed by atoms with Crippen molar-refractivity contribution >= 4 is 20.6 Å². The van der Waals surface area contributed by atoms with Gasteiger partial charge in [-0.25, -0.2) is 8.42 Å². The summed E-state index contributed by atoms with van der Waals surface area (Å²) in [6, 6.07) is 9.07. The number of hydrogen-bond donors (Lipinski definition) is 1. The van der Waals surface area contributed by atoms with Gasteiger partial charge in [0.25, 0.3) is 0 Å². The molecule has 0 radical (unpaired) electrons. The molecular weight excluding hydrogens is 270 g/mol. The number of hydrogen-bond acceptors (Lipinski definition) is 4. The van der Waals surface area contributed by atoms with E-state index in [0.717, 1.165) is 11.8 Å². The summed E-state index contributed by atoms with van der Waals surface area (Å²) < 4.78 is 34.0. The van der Waals surface area contributed by atoms with E-state index in [1.807, 2.05) is 30.3 Å². The number of nitrogens with two attached hydrogens (primary N) is 1. The number of rotatable bonds is 6. The van der Waals surface area contributed by atoms with Gasteiger partial charge in [0.2, 0.25) is 0 Å². The molecule has 0 fully saturated rings. The first-order valence-corrected chi connectivity index (χ1v) is 9.11. The molecule has 1 aromatic rings. The fourth-order valence-electron chi connectivity index (χ4n) is 1.53. The maximum atomic E-state index is 12.0. The Morgan fingerprint density at radius 1 is 1.28 bits per heavy atom. The van der Waals surface area contributed by atoms with Crippen molar-refractivity contribution in [1.82, 2.24) is 0 Å². The molecule has 0 spiro atoms. The summed E-state index contributed by atoms with van der Waals surface area (Å²) in [5.41, 5.74) is 6.95. The molecule has 1 aromatic carbocycles. The van der Waals surface area contributed by atoms with Crippen LogP contribution in [0.15, 0.2) is 30.3 Å². The molecule has 0 amide bonds. The molecule has 2 N–H and O–H groups in total. The lowest BCUT2D eigenvalue weighted by molar-refractivity contribution is 0.602. The van der Waals surface area contributed by atoms with Crippen LogP contribution in [0.5, 0.6) is 0 Å². The van der Waals surface area contributed by atoms with Gasteiger partial charge < -0.3 is 5.73 Å². The summed E-state index contributed by atoms with van der Waals surface area (Å²) in [6.07, 6.45) is 1.14. The van der Waals surface area contributed by atoms with Gasteiger partial charge in [-0.05, 0) is 12.5 Å². The van der Waals surface area contributed by atoms with E-state index in [0.29, 0.717) is 0 Å². The van der Waals surface area contributed by atoms with Crippen molar-refractivity contribution in [3.05, 3.63) is 35.9 Å². The highest BCUT2D eigenvalue weighted by Gasteiger charge is 2.21. The monoisotopic (exact) mass is 289 g/mol. The zero-order valence-corrected chi connectivity index (χ0v) is 12.2. The Bertz CT molecular complexity index is 499. The van der Waals surface area contributed by atoms with Crippen LogP contribution in [0.25, 0.3) is 0 Å². The van der Waals surface area contributed by atoms with Crippen molar-refractivity contribution in [2.45, 2.75) is 18.2 Å². The van der Waals surface area contributed by atoms with E-state index < -0.39 is 20.6 Å². The minimum atomic E-state index is -3.08. The molecule has 3 atom stereocenters. The molecule has 6 heteroatoms. The van der Waals surface area contributed by atoms with Gasteiger partial charge in [0.15, 0.2) is 0 Å². The Morgan fingerprint density at radius 2 is 1.83 bits per heavy atom. The number of sulfone groups is 1. The summed E-state index contributed by atoms with van der Waals surface area (Å²) in [4.78, 5) is 0. The topological polar surface area (TPSA) is 77.2 Å². The molecule has 4 nitrogen and oxygen atoms in total. The Kier molecular flexibility index (Phi) is 5.49. The fourth-order valence-corrected chi connectivity index (χ4v) is 4.25. The van der Waals surface area contributed by atoms with Crippen LogP contribution in [0.2, 0.25) is 0 Å². The first-order chi connectivity index (χ1) is 8.31. The molecule has 18 heavy (non-hydrogen) atoms. The molecule has 0 heterocycles. The predicted molar refractivity (Wildman–Crippen MR) is 75.6 cm³/mol. The van der Waals surface area contributed by atoms with E-state index in [-0.39, 0.29) is 22.8 Å². The molecule has 0 aliphatic carbocycles. The first kappa shape index (κ1) is 15.3. The fraction of sp³-hybridized carbons (Fsp3) is 0.500. The highest BCUT2D eigenvalue weighted by molar-refractivity contribution is 7.92. The molecule has 0 aliphatic rings. The largest absolute Gasteiger partial charge is 0.323 e. The van der Waals surface area contributed by atoms with Crippen LogP contribution in [-0.4, -0.2) is 35.6 Å². The van der Waals surface area contributed by atoms with Crippen molar-refractivity contribution < 1.29 is 12.6 Å². The van der Waals surface area contributed by atoms with E-state index >= 15 is 0 Å². The van der Waals surface area contributed by atoms with Gasteiger partial charge in [-0.15, -0.1) is 0 Å². The maximum Gasteiger partial charge on any atom is 0.148 e. The summed E-state index contributed by atoms with van der Waals surface area (Å²) in [5.74, 6) is 0.0754. The average molecular weight is 289 g/mol. The molecule has 0 aromatic heterocycles. The van der Waals surface area contributed by atoms with Gasteiger partial charge in [-0.1, -0.05) is 30.3 Å². The summed E-state index contributed by atoms with van der Waals surface area (Å²) in [7, 11) is -4.32. The average Bonchev–Trinajstić information content (AvgIpc) is 2.34. The highest BCUT2D eigenvalue weighted by Crippen LogP contribution is 2.17. The third-order valence-corrected chi connectivity index (χ3v) is 5.69. The lowest BCUT2D eigenvalue weighted by Crippen LogP contribution is -2.30. The summed E-state index contributed by atoms with van der Waals surface area (Å²) in [5, 5.41) is -0.269. The summed E-state index contributed by atoms with van der Waals surface area (Å²) >= 11 is 0. The quantitative estimate of drug-likeness (QED) is 0.843. The molecule has 0 aliphatic heterocycles. The van der Waals surface area contributed by atoms with E-state index in [1.54, 1.807) is 6.92 Å². The molecule has 3 unspecified atom stereocenters. The molecular formula is C12H19NO3S2. The van der Waals surface area contributed by atoms with Crippen molar-refractivity contribution in [3.63, 3.8) is 0 Å². The maximum absolute atomic E-state index is 12.0. The van der Waals surface area contributed by atoms with Gasteiger partial charge in [-0.3, -0.25) is 4.21 Å². The van der Waals surface area contributed by atoms with Crippen LogP contribution in [0.4, 0.5) is 0 Å². The zero-order chi connectivity index (χ0) is 13.8. The van der Waals surface area contributed by atoms with Gasteiger partial charge in [0, 0.05) is 28.9 Å². The molecule has 102 valence electrons. The SMILES string of the molecule is CC(C(N)c1ccccc1)S(=O)CCS(C)(=O)=O. The third kappa shape index (κ3) is 4.88. The lowest BCUT2D eigenvalue weighted by atomic mass is 10.1. The van der Waals surface area contributed by atoms with E-state index in [2.05, 4.69) is 0 Å². The minimum absolute atomic E-state index is 0.0640. The molecule has 0 saturated heterocycles. The molecule has 1 rings (SSSR count). The van der Waals surface area contributed by atoms with Crippen molar-refractivity contribution in [2.24, 2.45) is 5.73 Å². The summed E-state index contributed by atoms with van der Waals surface area (Å²) in [6.45, 7) is 1.79. The third-order valence-electron chi connectivity index (χ3n) is 2.76. The Balaban J connectivity index is 2.64. The van der Waals surface area contributed by atoms with Crippen LogP contribution in [-0.2, 0) is 20.6 Å². The van der Waals surface area contributed by atoms with Gasteiger partial charge >= 0.3 is 0 Å². The van der Waals surface area contributed by atoms with Crippen molar-refractivity contribution in [2.75, 3.05) is 17.8 Å². The second-order valence-corrected chi connectivity index (χ2v) is 8.53. The van der Waals surface area contributed by atoms with Gasteiger partial charge in [-0.2, -0.15) is 0 Å². The van der Waals surface area contributed by atoms with Crippen LogP contribution in [0, 0.1) is 0 Å². The molecule has 0 bridgehead atoms. The van der Waals surface area contributed by atoms with Crippen molar-refractivity contribution in [1.29, 1.82) is 0 Å². The standard InChI is InChI=1S/C12H19NO3S2/c1-10(17(14)8-9-18(2,15)16)12(13)11-6-4-3-5-7-11/h3-7,10,12H,8-9,13H2,1-2H3. The normalized spacial score (nSPS) is 17.1. The van der Waals surface area contributed by atoms with E-state index in [1.165, 1.54) is 0 Å². The Hall–Kier alpha value is -0.720. The van der Waals surface area contributed by atoms with Gasteiger partial charge in [0.05, 0.1) is 11.0 Å². The van der Waals surface area contributed by atoms with Crippen molar-refractivity contribution in [3.8, 4) is 0 Å². The predicted octanol–water partition coefficient (Wildman–Crippen LogP) is 0.868. The second kappa shape index (κ2) is 6.45. The zero-order valence-electron chi connectivity index (χ0n) is 10.6. The van der Waals surface area contributed by atoms with Crippen LogP contribution in [0.1, 0.15) is 18.5 Å². The smallest absolute Gasteiger partial charge is 0.148 e. The lowest BCUT2D eigenvalue weighted by Gasteiger charge is -2.19. The van der Waals surface area contributed by atoms with E-state index in [4.69, 9.17) is 5.73 Å². The van der Waals surface area contributed by atoms with Crippen LogP contribution < -0.4 is 5.73 Å². The van der Waals surface area contributed by atoms with Crippen LogP contribution in [0.3, 0.4) is 0 Å². The minimum Gasteiger partial charge on any atom is -0.323 e. The Labute approximate surface area is 111 Å².